The van der Waals surface area contributed by atoms with E-state index in [9.17, 15) is 0 Å². The summed E-state index contributed by atoms with van der Waals surface area (Å²) in [5.74, 6) is 0.621. The predicted molar refractivity (Wildman–Crippen MR) is 72.0 cm³/mol. The van der Waals surface area contributed by atoms with Gasteiger partial charge in [-0.2, -0.15) is 0 Å². The van der Waals surface area contributed by atoms with Crippen LogP contribution in [0.1, 0.15) is 22.7 Å². The average molecular weight is 229 g/mol. The van der Waals surface area contributed by atoms with Crippen LogP contribution < -0.4 is 5.73 Å². The monoisotopic (exact) mass is 229 g/mol. The molecule has 0 saturated carbocycles. The van der Waals surface area contributed by atoms with Gasteiger partial charge in [0.05, 0.1) is 12.6 Å². The highest BCUT2D eigenvalue weighted by atomic mass is 15.3. The summed E-state index contributed by atoms with van der Waals surface area (Å²) in [4.78, 5) is 6.44. The minimum Gasteiger partial charge on any atom is -0.370 e. The number of aliphatic imine (C=N–C) groups is 1. The minimum atomic E-state index is 0.257. The van der Waals surface area contributed by atoms with Crippen LogP contribution in [0.5, 0.6) is 0 Å². The number of benzene rings is 1. The van der Waals surface area contributed by atoms with Gasteiger partial charge in [-0.1, -0.05) is 29.8 Å². The lowest BCUT2D eigenvalue weighted by Gasteiger charge is -2.26. The van der Waals surface area contributed by atoms with Crippen LogP contribution in [0.4, 0.5) is 0 Å². The van der Waals surface area contributed by atoms with Gasteiger partial charge < -0.3 is 10.6 Å². The lowest BCUT2D eigenvalue weighted by atomic mass is 9.98. The summed E-state index contributed by atoms with van der Waals surface area (Å²) in [6.45, 7) is 9.50. The molecule has 0 amide bonds. The Morgan fingerprint density at radius 1 is 1.53 bits per heavy atom. The first kappa shape index (κ1) is 11.7. The number of rotatable bonds is 3. The lowest BCUT2D eigenvalue weighted by molar-refractivity contribution is 0.379. The summed E-state index contributed by atoms with van der Waals surface area (Å²) in [6.07, 6.45) is 1.87. The van der Waals surface area contributed by atoms with Crippen LogP contribution in [0.2, 0.25) is 0 Å². The second kappa shape index (κ2) is 4.62. The zero-order valence-electron chi connectivity index (χ0n) is 10.5. The van der Waals surface area contributed by atoms with E-state index >= 15 is 0 Å². The Balaban J connectivity index is 2.33. The fourth-order valence-electron chi connectivity index (χ4n) is 2.27. The van der Waals surface area contributed by atoms with E-state index in [1.807, 2.05) is 6.08 Å². The van der Waals surface area contributed by atoms with E-state index in [4.69, 9.17) is 5.73 Å². The van der Waals surface area contributed by atoms with Gasteiger partial charge in [0.2, 0.25) is 0 Å². The fraction of sp³-hybridized carbons (Fsp3) is 0.357. The summed E-state index contributed by atoms with van der Waals surface area (Å²) in [5.41, 5.74) is 9.79. The Bertz CT molecular complexity index is 463. The van der Waals surface area contributed by atoms with Crippen molar-refractivity contribution in [2.24, 2.45) is 10.7 Å². The highest BCUT2D eigenvalue weighted by Gasteiger charge is 2.27. The average Bonchev–Trinajstić information content (AvgIpc) is 2.65. The maximum Gasteiger partial charge on any atom is 0.192 e. The molecule has 1 heterocycles. The molecule has 0 spiro atoms. The Hall–Kier alpha value is -1.77. The first-order valence-corrected chi connectivity index (χ1v) is 5.88. The van der Waals surface area contributed by atoms with Gasteiger partial charge in [-0.15, -0.1) is 6.58 Å². The molecule has 90 valence electrons. The lowest BCUT2D eigenvalue weighted by Crippen LogP contribution is -2.36. The topological polar surface area (TPSA) is 41.6 Å². The quantitative estimate of drug-likeness (QED) is 0.807. The van der Waals surface area contributed by atoms with Gasteiger partial charge in [0, 0.05) is 6.54 Å². The first-order chi connectivity index (χ1) is 8.13. The molecule has 1 aromatic carbocycles. The van der Waals surface area contributed by atoms with Crippen LogP contribution in [0.15, 0.2) is 35.8 Å². The zero-order valence-corrected chi connectivity index (χ0v) is 10.5. The number of nitrogens with two attached hydrogens (primary N) is 1. The minimum absolute atomic E-state index is 0.257. The molecule has 1 aliphatic rings. The highest BCUT2D eigenvalue weighted by molar-refractivity contribution is 5.80. The summed E-state index contributed by atoms with van der Waals surface area (Å²) in [7, 11) is 0. The molecule has 0 aromatic heterocycles. The summed E-state index contributed by atoms with van der Waals surface area (Å²) >= 11 is 0. The summed E-state index contributed by atoms with van der Waals surface area (Å²) in [5, 5.41) is 0. The third-order valence-corrected chi connectivity index (χ3v) is 3.22. The molecular weight excluding hydrogens is 210 g/mol. The Labute approximate surface area is 103 Å². The van der Waals surface area contributed by atoms with E-state index in [1.54, 1.807) is 0 Å². The molecule has 2 rings (SSSR count). The molecular formula is C14H19N3. The van der Waals surface area contributed by atoms with Crippen LogP contribution in [0.3, 0.4) is 0 Å². The Kier molecular flexibility index (Phi) is 3.18. The molecule has 0 bridgehead atoms. The molecule has 17 heavy (non-hydrogen) atoms. The smallest absolute Gasteiger partial charge is 0.192 e. The van der Waals surface area contributed by atoms with Crippen molar-refractivity contribution in [2.75, 3.05) is 13.1 Å². The van der Waals surface area contributed by atoms with Crippen molar-refractivity contribution in [3.8, 4) is 0 Å². The van der Waals surface area contributed by atoms with Gasteiger partial charge in [-0.25, -0.2) is 0 Å². The summed E-state index contributed by atoms with van der Waals surface area (Å²) < 4.78 is 0. The van der Waals surface area contributed by atoms with Gasteiger partial charge in [-0.05, 0) is 25.0 Å². The van der Waals surface area contributed by atoms with E-state index in [0.29, 0.717) is 5.96 Å². The predicted octanol–water partition coefficient (Wildman–Crippen LogP) is 2.16. The van der Waals surface area contributed by atoms with Crippen molar-refractivity contribution >= 4 is 5.96 Å². The van der Waals surface area contributed by atoms with Gasteiger partial charge in [-0.3, -0.25) is 4.99 Å². The second-order valence-corrected chi connectivity index (χ2v) is 4.52. The second-order valence-electron chi connectivity index (χ2n) is 4.52. The van der Waals surface area contributed by atoms with Crippen molar-refractivity contribution in [3.05, 3.63) is 47.5 Å². The third kappa shape index (κ3) is 2.18. The standard InChI is InChI=1S/C14H19N3/c1-4-7-17-13(9-16-14(17)15)12-8-10(2)5-6-11(12)3/h4-6,8,13H,1,7,9H2,2-3H3,(H2,15,16). The van der Waals surface area contributed by atoms with Crippen LogP contribution >= 0.6 is 0 Å². The van der Waals surface area contributed by atoms with Crippen molar-refractivity contribution < 1.29 is 0 Å². The fourth-order valence-corrected chi connectivity index (χ4v) is 2.27. The molecule has 0 fully saturated rings. The van der Waals surface area contributed by atoms with E-state index in [2.05, 4.69) is 48.5 Å². The molecule has 2 N–H and O–H groups in total. The number of hydrogen-bond acceptors (Lipinski definition) is 3. The van der Waals surface area contributed by atoms with Crippen LogP contribution in [-0.4, -0.2) is 23.9 Å². The van der Waals surface area contributed by atoms with Gasteiger partial charge in [0.1, 0.15) is 0 Å². The van der Waals surface area contributed by atoms with Crippen molar-refractivity contribution in [3.63, 3.8) is 0 Å². The zero-order chi connectivity index (χ0) is 12.4. The van der Waals surface area contributed by atoms with Crippen LogP contribution in [0, 0.1) is 13.8 Å². The van der Waals surface area contributed by atoms with Gasteiger partial charge >= 0.3 is 0 Å². The molecule has 1 aliphatic heterocycles. The number of aryl methyl sites for hydroxylation is 2. The number of nitrogens with zero attached hydrogens (tertiary/aromatic N) is 2. The van der Waals surface area contributed by atoms with Crippen molar-refractivity contribution in [1.29, 1.82) is 0 Å². The molecule has 1 atom stereocenters. The number of guanidine groups is 1. The van der Waals surface area contributed by atoms with Gasteiger partial charge in [0.15, 0.2) is 5.96 Å². The maximum absolute atomic E-state index is 5.91. The largest absolute Gasteiger partial charge is 0.370 e. The highest BCUT2D eigenvalue weighted by Crippen LogP contribution is 2.28. The summed E-state index contributed by atoms with van der Waals surface area (Å²) in [6, 6.07) is 6.78. The van der Waals surface area contributed by atoms with Gasteiger partial charge in [0.25, 0.3) is 0 Å². The molecule has 1 aromatic rings. The number of hydrogen-bond donors (Lipinski definition) is 1. The Morgan fingerprint density at radius 3 is 3.00 bits per heavy atom. The first-order valence-electron chi connectivity index (χ1n) is 5.88. The van der Waals surface area contributed by atoms with Crippen molar-refractivity contribution in [2.45, 2.75) is 19.9 Å². The van der Waals surface area contributed by atoms with Crippen LogP contribution in [-0.2, 0) is 0 Å². The molecule has 0 radical (unpaired) electrons. The SMILES string of the molecule is C=CCN1C(N)=NCC1c1cc(C)ccc1C. The third-order valence-electron chi connectivity index (χ3n) is 3.22. The van der Waals surface area contributed by atoms with E-state index in [1.165, 1.54) is 16.7 Å². The maximum atomic E-state index is 5.91. The Morgan fingerprint density at radius 2 is 2.29 bits per heavy atom. The van der Waals surface area contributed by atoms with E-state index < -0.39 is 0 Å². The molecule has 0 saturated heterocycles. The molecule has 3 nitrogen and oxygen atoms in total. The van der Waals surface area contributed by atoms with Crippen molar-refractivity contribution in [1.82, 2.24) is 4.90 Å². The molecule has 1 unspecified atom stereocenters. The molecule has 0 aliphatic carbocycles. The normalized spacial score (nSPS) is 19.3. The molecule has 3 heteroatoms. The van der Waals surface area contributed by atoms with E-state index in [-0.39, 0.29) is 6.04 Å². The van der Waals surface area contributed by atoms with Crippen LogP contribution in [0.25, 0.3) is 0 Å². The van der Waals surface area contributed by atoms with E-state index in [0.717, 1.165) is 13.1 Å².